The second-order valence-electron chi connectivity index (χ2n) is 9.27. The normalized spacial score (nSPS) is 15.2. The third-order valence-electron chi connectivity index (χ3n) is 5.92. The third kappa shape index (κ3) is 4.38. The Bertz CT molecular complexity index is 1140. The van der Waals surface area contributed by atoms with E-state index in [2.05, 4.69) is 30.9 Å². The highest BCUT2D eigenvalue weighted by Gasteiger charge is 2.31. The first-order valence-electron chi connectivity index (χ1n) is 11.2. The van der Waals surface area contributed by atoms with Crippen LogP contribution >= 0.6 is 0 Å². The molecule has 32 heavy (non-hydrogen) atoms. The van der Waals surface area contributed by atoms with Crippen molar-refractivity contribution in [2.45, 2.75) is 52.0 Å². The maximum atomic E-state index is 13.1. The van der Waals surface area contributed by atoms with E-state index in [-0.39, 0.29) is 17.4 Å². The molecule has 0 bridgehead atoms. The molecule has 168 valence electrons. The molecule has 1 amide bonds. The van der Waals surface area contributed by atoms with Crippen molar-refractivity contribution in [3.05, 3.63) is 59.5 Å². The molecule has 0 atom stereocenters. The summed E-state index contributed by atoms with van der Waals surface area (Å²) >= 11 is 0. The predicted octanol–water partition coefficient (Wildman–Crippen LogP) is 4.38. The van der Waals surface area contributed by atoms with Crippen molar-refractivity contribution in [1.29, 1.82) is 0 Å². The van der Waals surface area contributed by atoms with E-state index in [1.54, 1.807) is 13.1 Å². The van der Waals surface area contributed by atoms with Gasteiger partial charge in [0.05, 0.1) is 23.7 Å². The van der Waals surface area contributed by atoms with Gasteiger partial charge in [0.2, 0.25) is 0 Å². The van der Waals surface area contributed by atoms with Crippen molar-refractivity contribution >= 4 is 22.8 Å². The molecule has 0 spiro atoms. The van der Waals surface area contributed by atoms with Gasteiger partial charge in [0, 0.05) is 35.8 Å². The number of fused-ring (bicyclic) bond motifs is 1. The number of rotatable bonds is 4. The van der Waals surface area contributed by atoms with Crippen LogP contribution in [0.1, 0.15) is 73.1 Å². The molecule has 0 saturated carbocycles. The number of nitrogens with zero attached hydrogens (tertiary/aromatic N) is 4. The van der Waals surface area contributed by atoms with E-state index < -0.39 is 5.97 Å². The number of benzene rings is 1. The van der Waals surface area contributed by atoms with Crippen molar-refractivity contribution in [1.82, 2.24) is 19.7 Å². The second-order valence-corrected chi connectivity index (χ2v) is 9.27. The zero-order valence-corrected chi connectivity index (χ0v) is 19.2. The Labute approximate surface area is 188 Å². The summed E-state index contributed by atoms with van der Waals surface area (Å²) in [5.74, 6) is -0.390. The molecule has 1 aliphatic heterocycles. The molecule has 0 aliphatic carbocycles. The van der Waals surface area contributed by atoms with Crippen LogP contribution in [0.3, 0.4) is 0 Å². The van der Waals surface area contributed by atoms with Gasteiger partial charge in [0.15, 0.2) is 5.69 Å². The summed E-state index contributed by atoms with van der Waals surface area (Å²) in [6, 6.07) is 11.7. The van der Waals surface area contributed by atoms with Crippen LogP contribution in [0.5, 0.6) is 0 Å². The lowest BCUT2D eigenvalue weighted by Gasteiger charge is -2.34. The molecule has 7 heteroatoms. The number of ether oxygens (including phenoxy) is 1. The van der Waals surface area contributed by atoms with Gasteiger partial charge in [-0.1, -0.05) is 39.0 Å². The first-order valence-corrected chi connectivity index (χ1v) is 11.2. The van der Waals surface area contributed by atoms with Crippen LogP contribution < -0.4 is 0 Å². The molecule has 1 fully saturated rings. The summed E-state index contributed by atoms with van der Waals surface area (Å²) in [6.45, 7) is 9.71. The highest BCUT2D eigenvalue weighted by Crippen LogP contribution is 2.31. The second kappa shape index (κ2) is 8.73. The summed E-state index contributed by atoms with van der Waals surface area (Å²) in [5.41, 5.74) is 2.68. The number of para-hydroxylation sites is 1. The summed E-state index contributed by atoms with van der Waals surface area (Å²) in [5, 5.41) is 5.57. The summed E-state index contributed by atoms with van der Waals surface area (Å²) in [7, 11) is 0. The van der Waals surface area contributed by atoms with E-state index in [0.29, 0.717) is 31.0 Å². The van der Waals surface area contributed by atoms with E-state index in [1.807, 2.05) is 46.0 Å². The zero-order valence-electron chi connectivity index (χ0n) is 19.2. The van der Waals surface area contributed by atoms with Crippen LogP contribution in [0.2, 0.25) is 0 Å². The summed E-state index contributed by atoms with van der Waals surface area (Å²) < 4.78 is 7.13. The van der Waals surface area contributed by atoms with Gasteiger partial charge >= 0.3 is 5.97 Å². The van der Waals surface area contributed by atoms with Gasteiger partial charge in [-0.3, -0.25) is 14.5 Å². The quantitative estimate of drug-likeness (QED) is 0.570. The first-order chi connectivity index (χ1) is 15.3. The molecule has 1 aliphatic rings. The minimum atomic E-state index is -0.395. The minimum Gasteiger partial charge on any atom is -0.461 e. The lowest BCUT2D eigenvalue weighted by Crippen LogP contribution is -2.40. The number of pyridine rings is 1. The Balaban J connectivity index is 1.50. The highest BCUT2D eigenvalue weighted by atomic mass is 16.5. The number of aromatic nitrogens is 3. The average molecular weight is 435 g/mol. The topological polar surface area (TPSA) is 77.3 Å². The van der Waals surface area contributed by atoms with E-state index in [4.69, 9.17) is 4.74 Å². The minimum absolute atomic E-state index is 0.00502. The monoisotopic (exact) mass is 434 g/mol. The highest BCUT2D eigenvalue weighted by molar-refractivity contribution is 5.97. The average Bonchev–Trinajstić information content (AvgIpc) is 3.25. The number of carbonyl (C=O) groups is 2. The van der Waals surface area contributed by atoms with Gasteiger partial charge < -0.3 is 9.64 Å². The molecule has 7 nitrogen and oxygen atoms in total. The van der Waals surface area contributed by atoms with Crippen LogP contribution in [0.15, 0.2) is 42.6 Å². The lowest BCUT2D eigenvalue weighted by molar-refractivity contribution is 0.0517. The van der Waals surface area contributed by atoms with E-state index >= 15 is 0 Å². The van der Waals surface area contributed by atoms with Gasteiger partial charge in [-0.05, 0) is 38.0 Å². The maximum absolute atomic E-state index is 13.1. The van der Waals surface area contributed by atoms with Gasteiger partial charge in [0.1, 0.15) is 0 Å². The molecule has 3 heterocycles. The largest absolute Gasteiger partial charge is 0.461 e. The fourth-order valence-corrected chi connectivity index (χ4v) is 4.22. The number of likely N-dealkylation sites (tertiary alicyclic amines) is 1. The van der Waals surface area contributed by atoms with Gasteiger partial charge in [-0.2, -0.15) is 5.10 Å². The Kier molecular flexibility index (Phi) is 6.00. The molecule has 0 unspecified atom stereocenters. The maximum Gasteiger partial charge on any atom is 0.358 e. The van der Waals surface area contributed by atoms with Crippen molar-refractivity contribution in [3.8, 4) is 0 Å². The third-order valence-corrected chi connectivity index (χ3v) is 5.92. The van der Waals surface area contributed by atoms with Crippen molar-refractivity contribution in [2.75, 3.05) is 19.7 Å². The number of piperidine rings is 1. The number of hydrogen-bond acceptors (Lipinski definition) is 5. The van der Waals surface area contributed by atoms with Gasteiger partial charge in [0.25, 0.3) is 5.91 Å². The van der Waals surface area contributed by atoms with Gasteiger partial charge in [-0.15, -0.1) is 0 Å². The fourth-order valence-electron chi connectivity index (χ4n) is 4.22. The molecule has 1 aromatic carbocycles. The van der Waals surface area contributed by atoms with Crippen molar-refractivity contribution in [3.63, 3.8) is 0 Å². The number of esters is 1. The summed E-state index contributed by atoms with van der Waals surface area (Å²) in [4.78, 5) is 31.6. The molecule has 3 aromatic rings. The van der Waals surface area contributed by atoms with Crippen LogP contribution in [0.4, 0.5) is 0 Å². The standard InChI is InChI=1S/C25H30N4O3/c1-5-32-24(31)21-15-22(25(2,3)4)29(27-21)19-10-12-28(13-11-19)23(30)18-14-17-8-6-7-9-20(17)26-16-18/h6-9,14-16,19H,5,10-13H2,1-4H3. The molecular weight excluding hydrogens is 404 g/mol. The van der Waals surface area contributed by atoms with E-state index in [1.165, 1.54) is 0 Å². The Morgan fingerprint density at radius 3 is 2.53 bits per heavy atom. The first kappa shape index (κ1) is 22.0. The van der Waals surface area contributed by atoms with Crippen LogP contribution in [0.25, 0.3) is 10.9 Å². The summed E-state index contributed by atoms with van der Waals surface area (Å²) in [6.07, 6.45) is 3.22. The van der Waals surface area contributed by atoms with Gasteiger partial charge in [-0.25, -0.2) is 4.79 Å². The zero-order chi connectivity index (χ0) is 22.9. The molecular formula is C25H30N4O3. The van der Waals surface area contributed by atoms with Crippen molar-refractivity contribution < 1.29 is 14.3 Å². The van der Waals surface area contributed by atoms with Crippen LogP contribution in [-0.4, -0.2) is 51.2 Å². The molecule has 4 rings (SSSR count). The van der Waals surface area contributed by atoms with Crippen LogP contribution in [0, 0.1) is 0 Å². The Morgan fingerprint density at radius 1 is 1.12 bits per heavy atom. The Morgan fingerprint density at radius 2 is 1.84 bits per heavy atom. The lowest BCUT2D eigenvalue weighted by atomic mass is 9.91. The van der Waals surface area contributed by atoms with Crippen LogP contribution in [-0.2, 0) is 10.2 Å². The van der Waals surface area contributed by atoms with Crippen molar-refractivity contribution in [2.24, 2.45) is 0 Å². The Hall–Kier alpha value is -3.22. The molecule has 2 aromatic heterocycles. The molecule has 1 saturated heterocycles. The number of hydrogen-bond donors (Lipinski definition) is 0. The molecule has 0 radical (unpaired) electrons. The molecule has 0 N–H and O–H groups in total. The SMILES string of the molecule is CCOC(=O)c1cc(C(C)(C)C)n(C2CCN(C(=O)c3cnc4ccccc4c3)CC2)n1. The number of carbonyl (C=O) groups excluding carboxylic acids is 2. The predicted molar refractivity (Wildman–Crippen MR) is 123 cm³/mol. The van der Waals surface area contributed by atoms with E-state index in [0.717, 1.165) is 29.4 Å². The smallest absolute Gasteiger partial charge is 0.358 e. The number of amides is 1. The fraction of sp³-hybridized carbons (Fsp3) is 0.440. The van der Waals surface area contributed by atoms with E-state index in [9.17, 15) is 9.59 Å².